The Hall–Kier alpha value is -2.65. The molecular formula is C18H24N6O2S. The number of hydrogen-bond donors (Lipinski definition) is 3. The average Bonchev–Trinajstić information content (AvgIpc) is 3.40. The fraction of sp³-hybridized carbons (Fsp3) is 0.389. The Morgan fingerprint density at radius 3 is 2.81 bits per heavy atom. The lowest BCUT2D eigenvalue weighted by Gasteiger charge is -2.22. The minimum Gasteiger partial charge on any atom is -0.466 e. The Morgan fingerprint density at radius 2 is 2.19 bits per heavy atom. The molecule has 0 aromatic carbocycles. The third-order valence-corrected chi connectivity index (χ3v) is 5.10. The van der Waals surface area contributed by atoms with Crippen LogP contribution in [0.15, 0.2) is 45.3 Å². The highest BCUT2D eigenvalue weighted by Gasteiger charge is 2.26. The molecule has 3 rings (SSSR count). The Kier molecular flexibility index (Phi) is 5.92. The smallest absolute Gasteiger partial charge is 0.192 e. The molecule has 3 heterocycles. The molecule has 0 saturated carbocycles. The van der Waals surface area contributed by atoms with E-state index in [1.54, 1.807) is 36.7 Å². The first-order chi connectivity index (χ1) is 13.0. The van der Waals surface area contributed by atoms with Gasteiger partial charge in [0.2, 0.25) is 0 Å². The molecule has 27 heavy (non-hydrogen) atoms. The van der Waals surface area contributed by atoms with Crippen molar-refractivity contribution in [2.45, 2.75) is 32.5 Å². The van der Waals surface area contributed by atoms with Crippen molar-refractivity contribution >= 4 is 17.3 Å². The summed E-state index contributed by atoms with van der Waals surface area (Å²) in [6, 6.07) is 7.57. The number of thiophene rings is 1. The van der Waals surface area contributed by atoms with Crippen LogP contribution in [0.25, 0.3) is 0 Å². The van der Waals surface area contributed by atoms with E-state index < -0.39 is 5.60 Å². The molecule has 8 nitrogen and oxygen atoms in total. The number of aryl methyl sites for hydroxylation is 1. The van der Waals surface area contributed by atoms with E-state index in [1.165, 1.54) is 4.88 Å². The zero-order chi connectivity index (χ0) is 19.3. The zero-order valence-corrected chi connectivity index (χ0v) is 16.5. The second-order valence-corrected chi connectivity index (χ2v) is 7.46. The van der Waals surface area contributed by atoms with Crippen LogP contribution < -0.4 is 10.6 Å². The standard InChI is InChI=1S/C18H24N6O2S/c1-13-22-23-16(24(13)3)11-20-17(19-10-14-6-5-9-27-14)21-12-18(2,25)15-7-4-8-26-15/h4-9,25H,10-12H2,1-3H3,(H2,19,20,21). The van der Waals surface area contributed by atoms with Crippen LogP contribution in [-0.4, -0.2) is 32.4 Å². The normalized spacial score (nSPS) is 14.1. The van der Waals surface area contributed by atoms with E-state index in [-0.39, 0.29) is 6.54 Å². The zero-order valence-electron chi connectivity index (χ0n) is 15.6. The molecule has 1 unspecified atom stereocenters. The highest BCUT2D eigenvalue weighted by Crippen LogP contribution is 2.19. The van der Waals surface area contributed by atoms with Crippen LogP contribution in [0.5, 0.6) is 0 Å². The van der Waals surface area contributed by atoms with Gasteiger partial charge in [0.25, 0.3) is 0 Å². The van der Waals surface area contributed by atoms with Gasteiger partial charge < -0.3 is 24.7 Å². The predicted molar refractivity (Wildman–Crippen MR) is 104 cm³/mol. The summed E-state index contributed by atoms with van der Waals surface area (Å²) < 4.78 is 7.23. The summed E-state index contributed by atoms with van der Waals surface area (Å²) in [4.78, 5) is 5.78. The van der Waals surface area contributed by atoms with Crippen molar-refractivity contribution in [1.82, 2.24) is 25.4 Å². The quantitative estimate of drug-likeness (QED) is 0.422. The van der Waals surface area contributed by atoms with Crippen LogP contribution in [0.1, 0.15) is 29.2 Å². The Morgan fingerprint density at radius 1 is 1.33 bits per heavy atom. The van der Waals surface area contributed by atoms with Crippen molar-refractivity contribution in [1.29, 1.82) is 0 Å². The number of aliphatic imine (C=N–C) groups is 1. The number of hydrogen-bond acceptors (Lipinski definition) is 6. The first-order valence-electron chi connectivity index (χ1n) is 8.61. The summed E-state index contributed by atoms with van der Waals surface area (Å²) in [5, 5.41) is 27.3. The van der Waals surface area contributed by atoms with E-state index in [1.807, 2.05) is 30.0 Å². The first kappa shape index (κ1) is 19.1. The fourth-order valence-electron chi connectivity index (χ4n) is 2.42. The molecule has 0 amide bonds. The lowest BCUT2D eigenvalue weighted by molar-refractivity contribution is 0.0385. The lowest BCUT2D eigenvalue weighted by atomic mass is 10.0. The maximum atomic E-state index is 10.6. The largest absolute Gasteiger partial charge is 0.466 e. The van der Waals surface area contributed by atoms with Crippen molar-refractivity contribution in [2.24, 2.45) is 12.0 Å². The van der Waals surface area contributed by atoms with Gasteiger partial charge in [0.15, 0.2) is 11.8 Å². The molecule has 0 fully saturated rings. The molecule has 1 atom stereocenters. The van der Waals surface area contributed by atoms with E-state index >= 15 is 0 Å². The van der Waals surface area contributed by atoms with Gasteiger partial charge in [-0.25, -0.2) is 4.99 Å². The number of nitrogens with one attached hydrogen (secondary N) is 2. The summed E-state index contributed by atoms with van der Waals surface area (Å²) in [5.41, 5.74) is -1.16. The molecule has 0 aliphatic carbocycles. The van der Waals surface area contributed by atoms with Crippen molar-refractivity contribution in [3.63, 3.8) is 0 Å². The second kappa shape index (κ2) is 8.36. The summed E-state index contributed by atoms with van der Waals surface area (Å²) in [7, 11) is 1.91. The Labute approximate surface area is 162 Å². The minimum atomic E-state index is -1.16. The molecule has 3 aromatic rings. The van der Waals surface area contributed by atoms with Crippen LogP contribution in [0.4, 0.5) is 0 Å². The number of guanidine groups is 1. The van der Waals surface area contributed by atoms with E-state index in [9.17, 15) is 5.11 Å². The third-order valence-electron chi connectivity index (χ3n) is 4.22. The molecule has 0 saturated heterocycles. The number of furan rings is 1. The molecular weight excluding hydrogens is 364 g/mol. The van der Waals surface area contributed by atoms with Gasteiger partial charge in [0.05, 0.1) is 19.4 Å². The fourth-order valence-corrected chi connectivity index (χ4v) is 3.07. The molecule has 0 spiro atoms. The molecule has 9 heteroatoms. The van der Waals surface area contributed by atoms with Gasteiger partial charge in [0, 0.05) is 11.9 Å². The van der Waals surface area contributed by atoms with E-state index in [0.29, 0.717) is 24.8 Å². The monoisotopic (exact) mass is 388 g/mol. The third kappa shape index (κ3) is 4.95. The molecule has 0 radical (unpaired) electrons. The molecule has 3 N–H and O–H groups in total. The van der Waals surface area contributed by atoms with Gasteiger partial charge in [-0.3, -0.25) is 0 Å². The van der Waals surface area contributed by atoms with Gasteiger partial charge in [-0.05, 0) is 37.4 Å². The topological polar surface area (TPSA) is 100 Å². The number of nitrogens with zero attached hydrogens (tertiary/aromatic N) is 4. The molecule has 144 valence electrons. The van der Waals surface area contributed by atoms with Crippen LogP contribution in [0, 0.1) is 6.92 Å². The summed E-state index contributed by atoms with van der Waals surface area (Å²) >= 11 is 1.67. The van der Waals surface area contributed by atoms with E-state index in [2.05, 4.69) is 31.9 Å². The maximum absolute atomic E-state index is 10.6. The van der Waals surface area contributed by atoms with Gasteiger partial charge in [-0.2, -0.15) is 0 Å². The SMILES string of the molecule is Cc1nnc(CN=C(NCc2cccs2)NCC(C)(O)c2ccco2)n1C. The molecule has 0 aliphatic heterocycles. The predicted octanol–water partition coefficient (Wildman–Crippen LogP) is 1.92. The van der Waals surface area contributed by atoms with Gasteiger partial charge in [0.1, 0.15) is 23.7 Å². The van der Waals surface area contributed by atoms with E-state index in [4.69, 9.17) is 4.42 Å². The van der Waals surface area contributed by atoms with Crippen LogP contribution in [0.3, 0.4) is 0 Å². The maximum Gasteiger partial charge on any atom is 0.192 e. The molecule has 3 aromatic heterocycles. The van der Waals surface area contributed by atoms with Crippen LogP contribution in [0.2, 0.25) is 0 Å². The summed E-state index contributed by atoms with van der Waals surface area (Å²) in [6.07, 6.45) is 1.55. The lowest BCUT2D eigenvalue weighted by Crippen LogP contribution is -2.44. The van der Waals surface area contributed by atoms with E-state index in [0.717, 1.165) is 11.6 Å². The second-order valence-electron chi connectivity index (χ2n) is 6.42. The Balaban J connectivity index is 1.68. The molecule has 0 bridgehead atoms. The van der Waals surface area contributed by atoms with Crippen molar-refractivity contribution in [3.8, 4) is 0 Å². The summed E-state index contributed by atoms with van der Waals surface area (Å²) in [6.45, 7) is 4.86. The summed E-state index contributed by atoms with van der Waals surface area (Å²) in [5.74, 6) is 2.68. The van der Waals surface area contributed by atoms with Crippen molar-refractivity contribution in [3.05, 3.63) is 58.2 Å². The highest BCUT2D eigenvalue weighted by molar-refractivity contribution is 7.09. The highest BCUT2D eigenvalue weighted by atomic mass is 32.1. The molecule has 0 aliphatic rings. The number of aliphatic hydroxyl groups is 1. The van der Waals surface area contributed by atoms with Gasteiger partial charge in [-0.15, -0.1) is 21.5 Å². The number of aromatic nitrogens is 3. The number of rotatable bonds is 7. The van der Waals surface area contributed by atoms with Gasteiger partial charge >= 0.3 is 0 Å². The Bertz CT molecular complexity index is 868. The van der Waals surface area contributed by atoms with Crippen LogP contribution >= 0.6 is 11.3 Å². The average molecular weight is 388 g/mol. The minimum absolute atomic E-state index is 0.245. The van der Waals surface area contributed by atoms with Crippen molar-refractivity contribution < 1.29 is 9.52 Å². The van der Waals surface area contributed by atoms with Crippen molar-refractivity contribution in [2.75, 3.05) is 6.54 Å². The first-order valence-corrected chi connectivity index (χ1v) is 9.49. The van der Waals surface area contributed by atoms with Gasteiger partial charge in [-0.1, -0.05) is 6.07 Å². The van der Waals surface area contributed by atoms with Crippen LogP contribution in [-0.2, 0) is 25.7 Å².